The smallest absolute Gasteiger partial charge is 0.173 e. The van der Waals surface area contributed by atoms with Gasteiger partial charge in [-0.1, -0.05) is 179 Å². The zero-order valence-electron chi connectivity index (χ0n) is 32.3. The van der Waals surface area contributed by atoms with Crippen molar-refractivity contribution < 1.29 is 4.12 Å². The lowest BCUT2D eigenvalue weighted by molar-refractivity contribution is 0.517. The second kappa shape index (κ2) is 33.8. The molecule has 0 heterocycles. The van der Waals surface area contributed by atoms with Gasteiger partial charge in [0.05, 0.1) is 0 Å². The minimum Gasteiger partial charge on any atom is -0.455 e. The minimum absolute atomic E-state index is 1.30. The Bertz CT molecular complexity index is 585. The molecule has 0 aliphatic heterocycles. The topological polar surface area (TPSA) is 9.23 Å². The van der Waals surface area contributed by atoms with Crippen LogP contribution in [0.25, 0.3) is 0 Å². The van der Waals surface area contributed by atoms with E-state index in [0.717, 1.165) is 0 Å². The van der Waals surface area contributed by atoms with E-state index in [1.807, 2.05) is 0 Å². The summed E-state index contributed by atoms with van der Waals surface area (Å²) in [4.78, 5) is 0. The Morgan fingerprint density at radius 3 is 0.800 bits per heavy atom. The highest BCUT2D eigenvalue weighted by Gasteiger charge is 2.32. The maximum Gasteiger partial charge on any atom is 0.173 e. The van der Waals surface area contributed by atoms with E-state index < -0.39 is 16.6 Å². The van der Waals surface area contributed by atoms with Crippen LogP contribution in [0.3, 0.4) is 0 Å². The highest BCUT2D eigenvalue weighted by atomic mass is 28.4. The van der Waals surface area contributed by atoms with Crippen molar-refractivity contribution in [3.05, 3.63) is 24.3 Å². The molecule has 0 spiro atoms. The summed E-state index contributed by atoms with van der Waals surface area (Å²) in [7, 11) is -3.02. The lowest BCUT2D eigenvalue weighted by Crippen LogP contribution is -2.44. The number of hydrogen-bond acceptors (Lipinski definition) is 1. The van der Waals surface area contributed by atoms with Crippen molar-refractivity contribution >= 4 is 16.6 Å². The Morgan fingerprint density at radius 2 is 0.533 bits per heavy atom. The Morgan fingerprint density at radius 1 is 0.311 bits per heavy atom. The van der Waals surface area contributed by atoms with Gasteiger partial charge in [-0.05, 0) is 89.6 Å². The summed E-state index contributed by atoms with van der Waals surface area (Å²) >= 11 is 0. The molecule has 268 valence electrons. The van der Waals surface area contributed by atoms with Crippen molar-refractivity contribution in [2.75, 3.05) is 0 Å². The van der Waals surface area contributed by atoms with E-state index in [2.05, 4.69) is 64.3 Å². The van der Waals surface area contributed by atoms with Crippen molar-refractivity contribution in [3.8, 4) is 0 Å². The molecule has 0 aliphatic carbocycles. The van der Waals surface area contributed by atoms with Crippen molar-refractivity contribution in [2.45, 2.75) is 245 Å². The van der Waals surface area contributed by atoms with Crippen molar-refractivity contribution in [2.24, 2.45) is 0 Å². The predicted molar refractivity (Wildman–Crippen MR) is 214 cm³/mol. The minimum atomic E-state index is -1.51. The standard InChI is InChI=1S/C42H86OSi2/c1-7-9-11-13-15-17-19-21-23-25-27-29-31-33-35-37-39-41-44(3,4)43-45(5,6)42-40-38-36-34-32-30-28-26-24-22-20-18-16-14-12-10-8-2/h21-24H,7-20,25-42H2,1-6H3. The van der Waals surface area contributed by atoms with Gasteiger partial charge in [-0.3, -0.25) is 0 Å². The molecule has 3 heteroatoms. The average Bonchev–Trinajstić information content (AvgIpc) is 2.99. The Hall–Kier alpha value is -0.126. The van der Waals surface area contributed by atoms with Crippen LogP contribution in [0.4, 0.5) is 0 Å². The lowest BCUT2D eigenvalue weighted by atomic mass is 10.1. The predicted octanol–water partition coefficient (Wildman–Crippen LogP) is 16.3. The van der Waals surface area contributed by atoms with E-state index in [1.54, 1.807) is 0 Å². The van der Waals surface area contributed by atoms with Gasteiger partial charge in [0.1, 0.15) is 0 Å². The molecule has 0 radical (unpaired) electrons. The zero-order chi connectivity index (χ0) is 33.2. The zero-order valence-corrected chi connectivity index (χ0v) is 34.3. The molecule has 0 saturated carbocycles. The number of allylic oxidation sites excluding steroid dienone is 4. The third-order valence-electron chi connectivity index (χ3n) is 9.63. The van der Waals surface area contributed by atoms with E-state index in [1.165, 1.54) is 205 Å². The second-order valence-corrected chi connectivity index (χ2v) is 24.6. The van der Waals surface area contributed by atoms with Gasteiger partial charge >= 0.3 is 0 Å². The summed E-state index contributed by atoms with van der Waals surface area (Å²) in [5.41, 5.74) is 0. The molecule has 0 rings (SSSR count). The van der Waals surface area contributed by atoms with E-state index in [4.69, 9.17) is 4.12 Å². The molecule has 0 aromatic carbocycles. The maximum atomic E-state index is 6.95. The molecule has 0 aliphatic rings. The normalized spacial score (nSPS) is 12.8. The van der Waals surface area contributed by atoms with E-state index in [0.29, 0.717) is 0 Å². The summed E-state index contributed by atoms with van der Waals surface area (Å²) < 4.78 is 6.95. The van der Waals surface area contributed by atoms with Crippen LogP contribution >= 0.6 is 0 Å². The lowest BCUT2D eigenvalue weighted by Gasteiger charge is -2.34. The van der Waals surface area contributed by atoms with E-state index in [-0.39, 0.29) is 0 Å². The number of rotatable bonds is 36. The molecule has 0 aromatic heterocycles. The van der Waals surface area contributed by atoms with Gasteiger partial charge in [-0.25, -0.2) is 0 Å². The third-order valence-corrected chi connectivity index (χ3v) is 17.2. The van der Waals surface area contributed by atoms with Gasteiger partial charge in [0.25, 0.3) is 0 Å². The maximum absolute atomic E-state index is 6.95. The Kier molecular flexibility index (Phi) is 33.7. The molecule has 0 saturated heterocycles. The first-order valence-electron chi connectivity index (χ1n) is 20.8. The molecule has 0 bridgehead atoms. The fourth-order valence-electron chi connectivity index (χ4n) is 6.80. The summed E-state index contributed by atoms with van der Waals surface area (Å²) in [5, 5.41) is 0. The SMILES string of the molecule is CCCCCCCCC=CCCCCCCCCC[Si](C)(C)O[Si](C)(C)CCCCCCCCCC=CCCCCCCCC. The molecule has 45 heavy (non-hydrogen) atoms. The largest absolute Gasteiger partial charge is 0.455 e. The fraction of sp³-hybridized carbons (Fsp3) is 0.905. The molecular formula is C42H86OSi2. The van der Waals surface area contributed by atoms with Crippen LogP contribution in [0.1, 0.15) is 206 Å². The van der Waals surface area contributed by atoms with Crippen LogP contribution in [-0.2, 0) is 4.12 Å². The van der Waals surface area contributed by atoms with Crippen LogP contribution in [-0.4, -0.2) is 16.6 Å². The first kappa shape index (κ1) is 44.9. The summed E-state index contributed by atoms with van der Waals surface area (Å²) in [6, 6.07) is 2.72. The first-order valence-corrected chi connectivity index (χ1v) is 27.1. The molecule has 0 aromatic rings. The highest BCUT2D eigenvalue weighted by molar-refractivity contribution is 6.84. The summed E-state index contributed by atoms with van der Waals surface area (Å²) in [5.74, 6) is 0. The highest BCUT2D eigenvalue weighted by Crippen LogP contribution is 2.26. The van der Waals surface area contributed by atoms with Gasteiger partial charge < -0.3 is 4.12 Å². The molecule has 0 amide bonds. The van der Waals surface area contributed by atoms with Crippen molar-refractivity contribution in [3.63, 3.8) is 0 Å². The van der Waals surface area contributed by atoms with Gasteiger partial charge in [0.15, 0.2) is 16.6 Å². The van der Waals surface area contributed by atoms with Crippen LogP contribution in [0.15, 0.2) is 24.3 Å². The second-order valence-electron chi connectivity index (χ2n) is 15.7. The van der Waals surface area contributed by atoms with Crippen LogP contribution in [0.2, 0.25) is 38.3 Å². The monoisotopic (exact) mass is 663 g/mol. The van der Waals surface area contributed by atoms with Crippen LogP contribution in [0.5, 0.6) is 0 Å². The van der Waals surface area contributed by atoms with E-state index >= 15 is 0 Å². The quantitative estimate of drug-likeness (QED) is 0.0368. The molecule has 0 atom stereocenters. The number of hydrogen-bond donors (Lipinski definition) is 0. The van der Waals surface area contributed by atoms with Gasteiger partial charge in [-0.2, -0.15) is 0 Å². The van der Waals surface area contributed by atoms with Crippen molar-refractivity contribution in [1.82, 2.24) is 0 Å². The summed E-state index contributed by atoms with van der Waals surface area (Å²) in [6.45, 7) is 14.6. The van der Waals surface area contributed by atoms with Gasteiger partial charge in [-0.15, -0.1) is 0 Å². The molecule has 1 nitrogen and oxygen atoms in total. The van der Waals surface area contributed by atoms with E-state index in [9.17, 15) is 0 Å². The van der Waals surface area contributed by atoms with Gasteiger partial charge in [0.2, 0.25) is 0 Å². The third kappa shape index (κ3) is 36.6. The molecule has 0 N–H and O–H groups in total. The van der Waals surface area contributed by atoms with Crippen molar-refractivity contribution in [1.29, 1.82) is 0 Å². The summed E-state index contributed by atoms with van der Waals surface area (Å²) in [6.07, 6.45) is 51.7. The molecule has 0 unspecified atom stereocenters. The Balaban J connectivity index is 3.58. The van der Waals surface area contributed by atoms with Crippen LogP contribution < -0.4 is 0 Å². The van der Waals surface area contributed by atoms with Crippen LogP contribution in [0, 0.1) is 0 Å². The average molecular weight is 663 g/mol. The molecule has 0 fully saturated rings. The first-order chi connectivity index (χ1) is 21.8. The van der Waals surface area contributed by atoms with Gasteiger partial charge in [0, 0.05) is 0 Å². The fourth-order valence-corrected chi connectivity index (χ4v) is 15.8. The molecular weight excluding hydrogens is 577 g/mol. The Labute approximate surface area is 288 Å². The number of unbranched alkanes of at least 4 members (excludes halogenated alkanes) is 26.